The van der Waals surface area contributed by atoms with E-state index in [4.69, 9.17) is 4.42 Å². The van der Waals surface area contributed by atoms with E-state index in [0.29, 0.717) is 0 Å². The van der Waals surface area contributed by atoms with Crippen LogP contribution in [0.1, 0.15) is 0 Å². The highest BCUT2D eigenvalue weighted by Crippen LogP contribution is 2.39. The van der Waals surface area contributed by atoms with Crippen LogP contribution in [-0.2, 0) is 0 Å². The van der Waals surface area contributed by atoms with Crippen LogP contribution in [0.3, 0.4) is 0 Å². The number of benzene rings is 10. The molecule has 3 aromatic heterocycles. The largest absolute Gasteiger partial charge is 0.456 e. The summed E-state index contributed by atoms with van der Waals surface area (Å²) in [6, 6.07) is 89.4. The molecule has 0 amide bonds. The van der Waals surface area contributed by atoms with Crippen LogP contribution in [0.15, 0.2) is 247 Å². The number of aromatic nitrogens is 2. The van der Waals surface area contributed by atoms with Gasteiger partial charge in [0.25, 0.3) is 0 Å². The summed E-state index contributed by atoms with van der Waals surface area (Å²) in [5.74, 6) is 0. The Morgan fingerprint density at radius 2 is 0.766 bits per heavy atom. The first-order chi connectivity index (χ1) is 31.7. The Bertz CT molecular complexity index is 3840. The number of para-hydroxylation sites is 4. The molecule has 0 N–H and O–H groups in total. The second-order valence-electron chi connectivity index (χ2n) is 16.8. The first-order valence-electron chi connectivity index (χ1n) is 22.0. The summed E-state index contributed by atoms with van der Waals surface area (Å²) in [6.45, 7) is 0. The molecule has 0 saturated heterocycles. The summed E-state index contributed by atoms with van der Waals surface area (Å²) in [5, 5.41) is 12.6. The standard InChI is InChI=1S/C60H40N2OSi/c1-4-17-43(18-5-1)61-55-28-13-10-25-49(55)52-37-42(33-36-57(52)61)41-31-34-47(35-32-41)64(45-20-6-2-7-21-45,46-22-8-3-9-23-46)48-24-16-19-44(38-48)62-56-29-14-11-26-50(56)53-39-54-51-27-12-15-30-59(51)63-60(54)40-58(53)62/h1-40H. The van der Waals surface area contributed by atoms with Crippen molar-refractivity contribution in [3.63, 3.8) is 0 Å². The number of nitrogens with zero attached hydrogens (tertiary/aromatic N) is 2. The van der Waals surface area contributed by atoms with Gasteiger partial charge in [-0.25, -0.2) is 0 Å². The van der Waals surface area contributed by atoms with Crippen LogP contribution >= 0.6 is 0 Å². The lowest BCUT2D eigenvalue weighted by Gasteiger charge is -2.35. The number of hydrogen-bond donors (Lipinski definition) is 0. The van der Waals surface area contributed by atoms with Gasteiger partial charge in [0, 0.05) is 49.8 Å². The normalized spacial score (nSPS) is 12.1. The Kier molecular flexibility index (Phi) is 8.23. The summed E-state index contributed by atoms with van der Waals surface area (Å²) in [7, 11) is -2.92. The predicted molar refractivity (Wildman–Crippen MR) is 271 cm³/mol. The first kappa shape index (κ1) is 36.5. The minimum atomic E-state index is -2.92. The monoisotopic (exact) mass is 832 g/mol. The summed E-state index contributed by atoms with van der Waals surface area (Å²) in [6.07, 6.45) is 0. The van der Waals surface area contributed by atoms with Crippen molar-refractivity contribution in [1.29, 1.82) is 0 Å². The van der Waals surface area contributed by atoms with E-state index < -0.39 is 8.07 Å². The van der Waals surface area contributed by atoms with Crippen LogP contribution < -0.4 is 20.7 Å². The van der Waals surface area contributed by atoms with Crippen molar-refractivity contribution in [2.45, 2.75) is 0 Å². The van der Waals surface area contributed by atoms with Crippen LogP contribution in [0.25, 0.3) is 88.1 Å². The number of fused-ring (bicyclic) bond motifs is 9. The fraction of sp³-hybridized carbons (Fsp3) is 0. The Morgan fingerprint density at radius 1 is 0.266 bits per heavy atom. The maximum Gasteiger partial charge on any atom is 0.179 e. The first-order valence-corrected chi connectivity index (χ1v) is 24.0. The van der Waals surface area contributed by atoms with Crippen molar-refractivity contribution in [1.82, 2.24) is 9.13 Å². The minimum absolute atomic E-state index is 0.896. The molecule has 3 nitrogen and oxygen atoms in total. The summed E-state index contributed by atoms with van der Waals surface area (Å²) in [4.78, 5) is 0. The number of hydrogen-bond acceptors (Lipinski definition) is 1. The fourth-order valence-electron chi connectivity index (χ4n) is 10.6. The average Bonchev–Trinajstić information content (AvgIpc) is 4.01. The number of rotatable bonds is 7. The smallest absolute Gasteiger partial charge is 0.179 e. The van der Waals surface area contributed by atoms with Gasteiger partial charge >= 0.3 is 0 Å². The molecule has 0 aliphatic heterocycles. The van der Waals surface area contributed by atoms with Gasteiger partial charge in [0.15, 0.2) is 8.07 Å². The molecule has 13 rings (SSSR count). The third-order valence-electron chi connectivity index (χ3n) is 13.5. The molecule has 0 fully saturated rings. The number of furan rings is 1. The highest BCUT2D eigenvalue weighted by molar-refractivity contribution is 7.19. The van der Waals surface area contributed by atoms with Gasteiger partial charge in [-0.15, -0.1) is 0 Å². The minimum Gasteiger partial charge on any atom is -0.456 e. The molecule has 0 saturated carbocycles. The van der Waals surface area contributed by atoms with E-state index in [0.717, 1.165) is 33.1 Å². The quantitative estimate of drug-likeness (QED) is 0.116. The molecule has 10 aromatic carbocycles. The topological polar surface area (TPSA) is 23.0 Å². The molecule has 0 radical (unpaired) electrons. The van der Waals surface area contributed by atoms with E-state index in [1.807, 2.05) is 6.07 Å². The van der Waals surface area contributed by atoms with Gasteiger partial charge in [-0.2, -0.15) is 0 Å². The molecular formula is C60H40N2OSi. The van der Waals surface area contributed by atoms with Crippen LogP contribution in [-0.4, -0.2) is 17.2 Å². The van der Waals surface area contributed by atoms with Crippen molar-refractivity contribution in [2.24, 2.45) is 0 Å². The van der Waals surface area contributed by atoms with Crippen molar-refractivity contribution in [3.05, 3.63) is 243 Å². The lowest BCUT2D eigenvalue weighted by Crippen LogP contribution is -2.74. The average molecular weight is 833 g/mol. The molecule has 0 atom stereocenters. The maximum atomic E-state index is 6.49. The molecule has 64 heavy (non-hydrogen) atoms. The fourth-order valence-corrected chi connectivity index (χ4v) is 15.4. The lowest BCUT2D eigenvalue weighted by molar-refractivity contribution is 0.669. The van der Waals surface area contributed by atoms with Crippen LogP contribution in [0.4, 0.5) is 0 Å². The third-order valence-corrected chi connectivity index (χ3v) is 18.2. The van der Waals surface area contributed by atoms with Gasteiger partial charge in [0.1, 0.15) is 11.2 Å². The van der Waals surface area contributed by atoms with E-state index in [9.17, 15) is 0 Å². The molecular weight excluding hydrogens is 793 g/mol. The van der Waals surface area contributed by atoms with Gasteiger partial charge in [-0.1, -0.05) is 176 Å². The highest BCUT2D eigenvalue weighted by Gasteiger charge is 2.41. The maximum absolute atomic E-state index is 6.49. The van der Waals surface area contributed by atoms with Gasteiger partial charge in [-0.05, 0) is 92.5 Å². The molecule has 0 aliphatic carbocycles. The second-order valence-corrected chi connectivity index (χ2v) is 20.7. The van der Waals surface area contributed by atoms with Crippen LogP contribution in [0.2, 0.25) is 0 Å². The predicted octanol–water partition coefficient (Wildman–Crippen LogP) is 12.8. The molecule has 0 unspecified atom stereocenters. The zero-order valence-electron chi connectivity index (χ0n) is 34.9. The Hall–Kier alpha value is -8.18. The molecule has 0 spiro atoms. The molecule has 0 aliphatic rings. The molecule has 3 heterocycles. The van der Waals surface area contributed by atoms with E-state index in [2.05, 4.69) is 246 Å². The van der Waals surface area contributed by atoms with Crippen LogP contribution in [0.5, 0.6) is 0 Å². The molecule has 4 heteroatoms. The zero-order chi connectivity index (χ0) is 42.2. The second kappa shape index (κ2) is 14.5. The van der Waals surface area contributed by atoms with Gasteiger partial charge in [0.05, 0.1) is 22.1 Å². The highest BCUT2D eigenvalue weighted by atomic mass is 28.3. The Morgan fingerprint density at radius 3 is 1.45 bits per heavy atom. The van der Waals surface area contributed by atoms with Gasteiger partial charge < -0.3 is 13.6 Å². The van der Waals surface area contributed by atoms with Crippen molar-refractivity contribution < 1.29 is 4.42 Å². The van der Waals surface area contributed by atoms with Crippen molar-refractivity contribution in [3.8, 4) is 22.5 Å². The van der Waals surface area contributed by atoms with Crippen molar-refractivity contribution >= 4 is 94.4 Å². The van der Waals surface area contributed by atoms with E-state index in [1.165, 1.54) is 75.7 Å². The summed E-state index contributed by atoms with van der Waals surface area (Å²) in [5.41, 5.74) is 11.2. The molecule has 13 aromatic rings. The lowest BCUT2D eigenvalue weighted by atomic mass is 10.0. The molecule has 0 bridgehead atoms. The van der Waals surface area contributed by atoms with Crippen LogP contribution in [0, 0.1) is 0 Å². The SMILES string of the molecule is c1ccc(-n2c3ccccc3c3cc(-c4ccc([Si](c5ccccc5)(c5ccccc5)c5cccc(-n6c7ccccc7c7cc8c(cc76)oc6ccccc68)c5)cc4)ccc32)cc1. The third kappa shape index (κ3) is 5.46. The van der Waals surface area contributed by atoms with E-state index >= 15 is 0 Å². The van der Waals surface area contributed by atoms with E-state index in [1.54, 1.807) is 0 Å². The summed E-state index contributed by atoms with van der Waals surface area (Å²) >= 11 is 0. The zero-order valence-corrected chi connectivity index (χ0v) is 35.9. The van der Waals surface area contributed by atoms with Gasteiger partial charge in [0.2, 0.25) is 0 Å². The van der Waals surface area contributed by atoms with Crippen molar-refractivity contribution in [2.75, 3.05) is 0 Å². The Labute approximate surface area is 371 Å². The summed E-state index contributed by atoms with van der Waals surface area (Å²) < 4.78 is 11.3. The molecule has 300 valence electrons. The Balaban J connectivity index is 1.00. The van der Waals surface area contributed by atoms with E-state index in [-0.39, 0.29) is 0 Å². The van der Waals surface area contributed by atoms with Gasteiger partial charge in [-0.3, -0.25) is 0 Å².